The van der Waals surface area contributed by atoms with Crippen LogP contribution in [0.2, 0.25) is 0 Å². The maximum Gasteiger partial charge on any atom is 0.257 e. The highest BCUT2D eigenvalue weighted by molar-refractivity contribution is 9.10. The largest absolute Gasteiger partial charge is 0.397 e. The van der Waals surface area contributed by atoms with Gasteiger partial charge in [-0.05, 0) is 57.2 Å². The molecule has 22 heavy (non-hydrogen) atoms. The fourth-order valence-electron chi connectivity index (χ4n) is 1.97. The molecule has 3 aromatic rings. The quantitative estimate of drug-likeness (QED) is 0.527. The van der Waals surface area contributed by atoms with E-state index in [2.05, 4.69) is 26.2 Å². The highest BCUT2D eigenvalue weighted by atomic mass is 79.9. The number of nitrogens with zero attached hydrogens (tertiary/aromatic N) is 1. The molecule has 2 heterocycles. The zero-order chi connectivity index (χ0) is 15.5. The standard InChI is InChI=1S/C16H12BrN3OS/c17-15-6-4-11(9-19-15)16(21)20-13-8-10(3-5-12(13)18)14-2-1-7-22-14/h1-9H,18H2,(H,20,21). The Kier molecular flexibility index (Phi) is 4.22. The molecule has 4 nitrogen and oxygen atoms in total. The van der Waals surface area contributed by atoms with Gasteiger partial charge >= 0.3 is 0 Å². The molecule has 0 fully saturated rings. The molecule has 6 heteroatoms. The number of rotatable bonds is 3. The number of nitrogen functional groups attached to an aromatic ring is 1. The van der Waals surface area contributed by atoms with E-state index in [0.29, 0.717) is 21.5 Å². The molecule has 0 aliphatic carbocycles. The molecule has 0 saturated carbocycles. The van der Waals surface area contributed by atoms with Crippen LogP contribution in [0, 0.1) is 0 Å². The zero-order valence-corrected chi connectivity index (χ0v) is 13.8. The number of nitrogens with two attached hydrogens (primary N) is 1. The van der Waals surface area contributed by atoms with Crippen molar-refractivity contribution in [1.82, 2.24) is 4.98 Å². The van der Waals surface area contributed by atoms with Crippen LogP contribution < -0.4 is 11.1 Å². The topological polar surface area (TPSA) is 68.0 Å². The summed E-state index contributed by atoms with van der Waals surface area (Å²) in [6, 6.07) is 13.1. The van der Waals surface area contributed by atoms with Crippen LogP contribution in [-0.4, -0.2) is 10.9 Å². The summed E-state index contributed by atoms with van der Waals surface area (Å²) in [7, 11) is 0. The normalized spacial score (nSPS) is 10.4. The molecule has 110 valence electrons. The predicted molar refractivity (Wildman–Crippen MR) is 94.1 cm³/mol. The first-order valence-electron chi connectivity index (χ1n) is 6.50. The summed E-state index contributed by atoms with van der Waals surface area (Å²) in [4.78, 5) is 17.4. The summed E-state index contributed by atoms with van der Waals surface area (Å²) in [5, 5.41) is 4.85. The molecule has 0 spiro atoms. The van der Waals surface area contributed by atoms with Gasteiger partial charge in [-0.1, -0.05) is 12.1 Å². The van der Waals surface area contributed by atoms with Gasteiger partial charge in [-0.25, -0.2) is 4.98 Å². The minimum absolute atomic E-state index is 0.241. The third-order valence-electron chi connectivity index (χ3n) is 3.10. The van der Waals surface area contributed by atoms with Crippen molar-refractivity contribution in [2.24, 2.45) is 0 Å². The smallest absolute Gasteiger partial charge is 0.257 e. The van der Waals surface area contributed by atoms with E-state index in [4.69, 9.17) is 5.73 Å². The first-order chi connectivity index (χ1) is 10.6. The van der Waals surface area contributed by atoms with Gasteiger partial charge in [0, 0.05) is 11.1 Å². The Morgan fingerprint density at radius 1 is 1.23 bits per heavy atom. The molecule has 1 amide bonds. The van der Waals surface area contributed by atoms with Gasteiger partial charge in [0.2, 0.25) is 0 Å². The third-order valence-corrected chi connectivity index (χ3v) is 4.48. The number of aromatic nitrogens is 1. The van der Waals surface area contributed by atoms with Gasteiger partial charge in [-0.2, -0.15) is 0 Å². The molecular formula is C16H12BrN3OS. The first-order valence-corrected chi connectivity index (χ1v) is 8.17. The van der Waals surface area contributed by atoms with Crippen LogP contribution in [0.25, 0.3) is 10.4 Å². The number of carbonyl (C=O) groups excluding carboxylic acids is 1. The molecule has 0 unspecified atom stereocenters. The van der Waals surface area contributed by atoms with E-state index in [1.54, 1.807) is 29.5 Å². The minimum Gasteiger partial charge on any atom is -0.397 e. The molecule has 0 aliphatic rings. The van der Waals surface area contributed by atoms with Gasteiger partial charge in [-0.15, -0.1) is 11.3 Å². The molecule has 0 atom stereocenters. The average Bonchev–Trinajstić information content (AvgIpc) is 3.04. The number of hydrogen-bond donors (Lipinski definition) is 2. The average molecular weight is 374 g/mol. The van der Waals surface area contributed by atoms with Crippen LogP contribution in [0.3, 0.4) is 0 Å². The number of nitrogens with one attached hydrogen (secondary N) is 1. The number of carbonyl (C=O) groups is 1. The summed E-state index contributed by atoms with van der Waals surface area (Å²) < 4.78 is 0.684. The fourth-order valence-corrected chi connectivity index (χ4v) is 2.92. The van der Waals surface area contributed by atoms with E-state index < -0.39 is 0 Å². The number of halogens is 1. The van der Waals surface area contributed by atoms with Crippen LogP contribution in [0.4, 0.5) is 11.4 Å². The van der Waals surface area contributed by atoms with E-state index in [1.807, 2.05) is 29.6 Å². The van der Waals surface area contributed by atoms with Crippen molar-refractivity contribution < 1.29 is 4.79 Å². The third kappa shape index (κ3) is 3.18. The van der Waals surface area contributed by atoms with Crippen molar-refractivity contribution in [2.75, 3.05) is 11.1 Å². The molecule has 1 aromatic carbocycles. The zero-order valence-electron chi connectivity index (χ0n) is 11.4. The van der Waals surface area contributed by atoms with Gasteiger partial charge in [-0.3, -0.25) is 4.79 Å². The summed E-state index contributed by atoms with van der Waals surface area (Å²) in [5.74, 6) is -0.241. The van der Waals surface area contributed by atoms with Gasteiger partial charge in [0.1, 0.15) is 4.60 Å². The van der Waals surface area contributed by atoms with Crippen molar-refractivity contribution in [3.8, 4) is 10.4 Å². The Morgan fingerprint density at radius 2 is 2.09 bits per heavy atom. The van der Waals surface area contributed by atoms with Gasteiger partial charge in [0.25, 0.3) is 5.91 Å². The Balaban J connectivity index is 1.87. The van der Waals surface area contributed by atoms with E-state index in [0.717, 1.165) is 10.4 Å². The molecule has 3 rings (SSSR count). The fraction of sp³-hybridized carbons (Fsp3) is 0. The van der Waals surface area contributed by atoms with Crippen molar-refractivity contribution in [1.29, 1.82) is 0 Å². The Bertz CT molecular complexity index is 801. The molecule has 0 bridgehead atoms. The summed E-state index contributed by atoms with van der Waals surface area (Å²) >= 11 is 4.88. The van der Waals surface area contributed by atoms with Crippen LogP contribution in [0.15, 0.2) is 58.6 Å². The lowest BCUT2D eigenvalue weighted by molar-refractivity contribution is 0.102. The number of pyridine rings is 1. The van der Waals surface area contributed by atoms with E-state index >= 15 is 0 Å². The highest BCUT2D eigenvalue weighted by Gasteiger charge is 2.10. The van der Waals surface area contributed by atoms with Crippen molar-refractivity contribution >= 4 is 44.5 Å². The maximum absolute atomic E-state index is 12.3. The summed E-state index contributed by atoms with van der Waals surface area (Å²) in [6.07, 6.45) is 1.51. The van der Waals surface area contributed by atoms with Crippen LogP contribution in [0.5, 0.6) is 0 Å². The van der Waals surface area contributed by atoms with E-state index in [9.17, 15) is 4.79 Å². The van der Waals surface area contributed by atoms with Gasteiger partial charge < -0.3 is 11.1 Å². The number of thiophene rings is 1. The van der Waals surface area contributed by atoms with Gasteiger partial charge in [0.05, 0.1) is 16.9 Å². The molecule has 0 radical (unpaired) electrons. The van der Waals surface area contributed by atoms with E-state index in [-0.39, 0.29) is 5.91 Å². The van der Waals surface area contributed by atoms with Crippen LogP contribution in [0.1, 0.15) is 10.4 Å². The predicted octanol–water partition coefficient (Wildman–Crippen LogP) is 4.41. The molecule has 3 N–H and O–H groups in total. The van der Waals surface area contributed by atoms with Gasteiger partial charge in [0.15, 0.2) is 0 Å². The Labute approximate surface area is 140 Å². The SMILES string of the molecule is Nc1ccc(-c2cccs2)cc1NC(=O)c1ccc(Br)nc1. The number of anilines is 2. The van der Waals surface area contributed by atoms with Crippen LogP contribution in [-0.2, 0) is 0 Å². The lowest BCUT2D eigenvalue weighted by Gasteiger charge is -2.10. The molecule has 0 saturated heterocycles. The Hall–Kier alpha value is -2.18. The maximum atomic E-state index is 12.3. The number of amides is 1. The highest BCUT2D eigenvalue weighted by Crippen LogP contribution is 2.30. The molecule has 0 aliphatic heterocycles. The van der Waals surface area contributed by atoms with Crippen molar-refractivity contribution in [2.45, 2.75) is 0 Å². The van der Waals surface area contributed by atoms with Crippen molar-refractivity contribution in [3.05, 3.63) is 64.2 Å². The summed E-state index contributed by atoms with van der Waals surface area (Å²) in [5.41, 5.74) is 8.58. The second kappa shape index (κ2) is 6.29. The molecular weight excluding hydrogens is 362 g/mol. The molecule has 2 aromatic heterocycles. The lowest BCUT2D eigenvalue weighted by atomic mass is 10.1. The lowest BCUT2D eigenvalue weighted by Crippen LogP contribution is -2.13. The number of hydrogen-bond acceptors (Lipinski definition) is 4. The van der Waals surface area contributed by atoms with Crippen molar-refractivity contribution in [3.63, 3.8) is 0 Å². The number of benzene rings is 1. The van der Waals surface area contributed by atoms with E-state index in [1.165, 1.54) is 6.20 Å². The van der Waals surface area contributed by atoms with Crippen LogP contribution >= 0.6 is 27.3 Å². The minimum atomic E-state index is -0.241. The Morgan fingerprint density at radius 3 is 2.77 bits per heavy atom. The summed E-state index contributed by atoms with van der Waals surface area (Å²) in [6.45, 7) is 0. The second-order valence-electron chi connectivity index (χ2n) is 4.60. The second-order valence-corrected chi connectivity index (χ2v) is 6.36. The monoisotopic (exact) mass is 373 g/mol. The first kappa shape index (κ1) is 14.7.